The van der Waals surface area contributed by atoms with Crippen LogP contribution in [0, 0.1) is 23.7 Å². The minimum Gasteiger partial charge on any atom is -0.462 e. The summed E-state index contributed by atoms with van der Waals surface area (Å²) in [6.07, 6.45) is 9.72. The van der Waals surface area contributed by atoms with Gasteiger partial charge in [0.25, 0.3) is 0 Å². The minimum absolute atomic E-state index is 0.0407. The lowest BCUT2D eigenvalue weighted by Gasteiger charge is -2.48. The number of carbonyl (C=O) groups is 1. The molecule has 19 atom stereocenters. The lowest BCUT2D eigenvalue weighted by atomic mass is 9.71. The van der Waals surface area contributed by atoms with Crippen LogP contribution in [0.4, 0.5) is 0 Å². The molecule has 62 heavy (non-hydrogen) atoms. The van der Waals surface area contributed by atoms with E-state index in [0.29, 0.717) is 43.3 Å². The number of methoxy groups -OCH3 is 2. The maximum atomic E-state index is 14.3. The van der Waals surface area contributed by atoms with E-state index in [0.717, 1.165) is 5.57 Å². The van der Waals surface area contributed by atoms with Gasteiger partial charge in [0.05, 0.1) is 55.4 Å². The maximum Gasteiger partial charge on any atom is 0.316 e. The molecule has 7 aliphatic rings. The first kappa shape index (κ1) is 47.6. The molecule has 4 saturated heterocycles. The van der Waals surface area contributed by atoms with E-state index in [1.807, 2.05) is 39.1 Å². The van der Waals surface area contributed by atoms with Gasteiger partial charge >= 0.3 is 5.97 Å². The molecule has 0 aromatic heterocycles. The first-order valence-electron chi connectivity index (χ1n) is 22.9. The Kier molecular flexibility index (Phi) is 15.1. The standard InChI is InChI=1S/C48H73NO13/c1-25(2)42-28(5)17-18-47(62-42)23-34-20-33(61-47)16-15-27(4)43(26(3)13-12-14-32-24-55-45-41(50)29(6)19-35(46(51)58-34)48(32,45)52)59-39-22-37(54-11)44(31(8)57-39)60-38-21-36(53-10)40(49-9)30(7)56-38/h12-15,17-19,25-26,28,30-31,33-45,49-50,52H,16,20-24H2,1-11H3/b13-12+,27-15+,32-14+/t26-,28-,30-,31-,33+,34-,35-,36-,37-,38-,39-,40-,41+,42+,43-,44-,45+,47+,48?/m0/s1. The number of fused-ring (bicyclic) bond motifs is 2. The molecule has 0 aromatic rings. The summed E-state index contributed by atoms with van der Waals surface area (Å²) in [6.45, 7) is 16.3. The van der Waals surface area contributed by atoms with E-state index in [-0.39, 0.29) is 67.0 Å². The molecule has 2 bridgehead atoms. The van der Waals surface area contributed by atoms with Crippen molar-refractivity contribution in [2.75, 3.05) is 27.9 Å². The second-order valence-electron chi connectivity index (χ2n) is 19.1. The number of ether oxygens (including phenoxy) is 10. The summed E-state index contributed by atoms with van der Waals surface area (Å²) >= 11 is 0. The van der Waals surface area contributed by atoms with E-state index in [9.17, 15) is 15.0 Å². The molecule has 7 rings (SSSR count). The van der Waals surface area contributed by atoms with Crippen LogP contribution in [0.1, 0.15) is 87.5 Å². The summed E-state index contributed by atoms with van der Waals surface area (Å²) in [4.78, 5) is 14.3. The number of allylic oxidation sites excluding steroid dienone is 2. The molecule has 1 spiro atoms. The Morgan fingerprint density at radius 3 is 2.31 bits per heavy atom. The summed E-state index contributed by atoms with van der Waals surface area (Å²) in [5.41, 5.74) is 0.176. The molecular formula is C48H73NO13. The zero-order valence-corrected chi connectivity index (χ0v) is 38.6. The Labute approximate surface area is 368 Å². The van der Waals surface area contributed by atoms with Crippen molar-refractivity contribution in [3.8, 4) is 0 Å². The third-order valence-electron chi connectivity index (χ3n) is 14.3. The van der Waals surface area contributed by atoms with Crippen LogP contribution >= 0.6 is 0 Å². The highest BCUT2D eigenvalue weighted by Crippen LogP contribution is 2.47. The van der Waals surface area contributed by atoms with Crippen molar-refractivity contribution < 1.29 is 62.4 Å². The normalized spacial score (nSPS) is 48.7. The zero-order valence-electron chi connectivity index (χ0n) is 38.6. The summed E-state index contributed by atoms with van der Waals surface area (Å²) < 4.78 is 64.3. The minimum atomic E-state index is -1.83. The molecule has 1 unspecified atom stereocenters. The Bertz CT molecular complexity index is 1730. The van der Waals surface area contributed by atoms with Crippen LogP contribution in [0.3, 0.4) is 0 Å². The molecule has 0 amide bonds. The monoisotopic (exact) mass is 872 g/mol. The molecule has 14 heteroatoms. The van der Waals surface area contributed by atoms with Gasteiger partial charge in [-0.05, 0) is 69.9 Å². The predicted molar refractivity (Wildman–Crippen MR) is 230 cm³/mol. The summed E-state index contributed by atoms with van der Waals surface area (Å²) in [5.74, 6) is -2.56. The van der Waals surface area contributed by atoms with Crippen LogP contribution in [0.2, 0.25) is 0 Å². The van der Waals surface area contributed by atoms with Crippen molar-refractivity contribution in [3.63, 3.8) is 0 Å². The Morgan fingerprint density at radius 1 is 0.887 bits per heavy atom. The number of nitrogens with one attached hydrogen (secondary N) is 1. The van der Waals surface area contributed by atoms with Crippen LogP contribution in [0.25, 0.3) is 0 Å². The third-order valence-corrected chi connectivity index (χ3v) is 14.3. The topological polar surface area (TPSA) is 162 Å². The van der Waals surface area contributed by atoms with E-state index in [2.05, 4.69) is 52.1 Å². The van der Waals surface area contributed by atoms with Crippen LogP contribution < -0.4 is 5.32 Å². The smallest absolute Gasteiger partial charge is 0.316 e. The molecule has 6 heterocycles. The van der Waals surface area contributed by atoms with Gasteiger partial charge in [-0.25, -0.2) is 0 Å². The van der Waals surface area contributed by atoms with Crippen LogP contribution in [0.15, 0.2) is 59.3 Å². The van der Waals surface area contributed by atoms with Crippen molar-refractivity contribution in [1.82, 2.24) is 5.32 Å². The van der Waals surface area contributed by atoms with E-state index >= 15 is 0 Å². The second kappa shape index (κ2) is 19.7. The molecular weight excluding hydrogens is 799 g/mol. The highest BCUT2D eigenvalue weighted by molar-refractivity contribution is 5.78. The number of aliphatic hydroxyl groups excluding tert-OH is 1. The molecule has 348 valence electrons. The van der Waals surface area contributed by atoms with Crippen molar-refractivity contribution in [2.45, 2.75) is 185 Å². The Hall–Kier alpha value is -2.31. The van der Waals surface area contributed by atoms with Crippen molar-refractivity contribution >= 4 is 5.97 Å². The number of hydrogen-bond acceptors (Lipinski definition) is 14. The number of hydrogen-bond donors (Lipinski definition) is 3. The van der Waals surface area contributed by atoms with Gasteiger partial charge in [0.15, 0.2) is 18.4 Å². The molecule has 3 N–H and O–H groups in total. The van der Waals surface area contributed by atoms with Gasteiger partial charge < -0.3 is 62.9 Å². The first-order valence-corrected chi connectivity index (χ1v) is 22.9. The Morgan fingerprint density at radius 2 is 1.60 bits per heavy atom. The van der Waals surface area contributed by atoms with Crippen molar-refractivity contribution in [3.05, 3.63) is 59.3 Å². The average molecular weight is 872 g/mol. The number of aliphatic hydroxyl groups is 2. The molecule has 6 aliphatic heterocycles. The molecule has 0 saturated carbocycles. The van der Waals surface area contributed by atoms with Gasteiger partial charge in [0.2, 0.25) is 0 Å². The summed E-state index contributed by atoms with van der Waals surface area (Å²) in [6, 6.07) is 0.0445. The second-order valence-corrected chi connectivity index (χ2v) is 19.1. The lowest BCUT2D eigenvalue weighted by molar-refractivity contribution is -0.312. The van der Waals surface area contributed by atoms with Gasteiger partial charge in [-0.1, -0.05) is 64.2 Å². The van der Waals surface area contributed by atoms with Gasteiger partial charge in [-0.15, -0.1) is 0 Å². The molecule has 0 radical (unpaired) electrons. The fourth-order valence-electron chi connectivity index (χ4n) is 10.9. The number of rotatable bonds is 8. The van der Waals surface area contributed by atoms with Gasteiger partial charge in [0.1, 0.15) is 35.9 Å². The van der Waals surface area contributed by atoms with Gasteiger partial charge in [-0.2, -0.15) is 0 Å². The number of carbonyl (C=O) groups excluding carboxylic acids is 1. The van der Waals surface area contributed by atoms with Crippen LogP contribution in [0.5, 0.6) is 0 Å². The molecule has 0 aromatic carbocycles. The highest BCUT2D eigenvalue weighted by Gasteiger charge is 2.60. The summed E-state index contributed by atoms with van der Waals surface area (Å²) in [5, 5.41) is 27.0. The fourth-order valence-corrected chi connectivity index (χ4v) is 10.9. The zero-order chi connectivity index (χ0) is 44.7. The molecule has 14 nitrogen and oxygen atoms in total. The fraction of sp³-hybridized carbons (Fsp3) is 0.771. The van der Waals surface area contributed by atoms with Crippen molar-refractivity contribution in [2.24, 2.45) is 23.7 Å². The van der Waals surface area contributed by atoms with E-state index in [1.165, 1.54) is 0 Å². The van der Waals surface area contributed by atoms with E-state index in [1.54, 1.807) is 33.3 Å². The number of esters is 1. The van der Waals surface area contributed by atoms with Crippen molar-refractivity contribution in [1.29, 1.82) is 0 Å². The number of likely N-dealkylation sites (N-methyl/N-ethyl adjacent to an activating group) is 1. The van der Waals surface area contributed by atoms with Gasteiger partial charge in [-0.3, -0.25) is 4.79 Å². The van der Waals surface area contributed by atoms with E-state index in [4.69, 9.17) is 47.4 Å². The van der Waals surface area contributed by atoms with E-state index < -0.39 is 66.4 Å². The quantitative estimate of drug-likeness (QED) is 0.215. The van der Waals surface area contributed by atoms with Crippen LogP contribution in [-0.4, -0.2) is 141 Å². The van der Waals surface area contributed by atoms with Gasteiger partial charge in [0, 0.05) is 51.7 Å². The van der Waals surface area contributed by atoms with Crippen LogP contribution in [-0.2, 0) is 52.2 Å². The molecule has 4 fully saturated rings. The first-order chi connectivity index (χ1) is 29.5. The maximum absolute atomic E-state index is 14.3. The third kappa shape index (κ3) is 9.64. The summed E-state index contributed by atoms with van der Waals surface area (Å²) in [7, 11) is 5.30. The highest BCUT2D eigenvalue weighted by atomic mass is 16.7. The Balaban J connectivity index is 1.17. The lowest BCUT2D eigenvalue weighted by Crippen LogP contribution is -2.58. The largest absolute Gasteiger partial charge is 0.462 e. The predicted octanol–water partition coefficient (Wildman–Crippen LogP) is 5.21. The molecule has 1 aliphatic carbocycles. The average Bonchev–Trinajstić information content (AvgIpc) is 3.57. The SMILES string of the molecule is CN[C@H]1[C@H](C)O[C@@H](O[C@H]2[C@H](C)O[C@@H](O[C@@H]3/C(C)=C/C[C@@H]4C[C@@H](C[C@]5(C=C[C@H](C)[C@@H](C(C)C)O5)O4)OC(=O)[C@@H]4C=C(C)[C@@H](O)[C@H]5OC/C(=C\C=C\[C@@H]3C)C54O)C[C@@H]2OC)C[C@@H]1OC.